The maximum absolute atomic E-state index is 11.2. The van der Waals surface area contributed by atoms with Gasteiger partial charge in [0.15, 0.2) is 5.65 Å². The van der Waals surface area contributed by atoms with E-state index in [-0.39, 0.29) is 0 Å². The summed E-state index contributed by atoms with van der Waals surface area (Å²) < 4.78 is 2.05. The summed E-state index contributed by atoms with van der Waals surface area (Å²) in [6, 6.07) is 27.5. The summed E-state index contributed by atoms with van der Waals surface area (Å²) in [5, 5.41) is 20.8. The Balaban J connectivity index is 1.40. The van der Waals surface area contributed by atoms with Gasteiger partial charge >= 0.3 is 0 Å². The first-order valence-corrected chi connectivity index (χ1v) is 12.3. The zero-order valence-corrected chi connectivity index (χ0v) is 19.1. The summed E-state index contributed by atoms with van der Waals surface area (Å²) in [5.74, 6) is 0. The van der Waals surface area contributed by atoms with E-state index in [1.807, 2.05) is 10.5 Å². The molecule has 1 aliphatic rings. The molecule has 3 aromatic carbocycles. The average Bonchev–Trinajstić information content (AvgIpc) is 3.34. The number of pyridine rings is 1. The second-order valence-electron chi connectivity index (χ2n) is 8.88. The molecule has 33 heavy (non-hydrogen) atoms. The van der Waals surface area contributed by atoms with Crippen LogP contribution >= 0.6 is 11.8 Å². The summed E-state index contributed by atoms with van der Waals surface area (Å²) in [5.41, 5.74) is 4.61. The second-order valence-corrected chi connectivity index (χ2v) is 10.0. The molecule has 4 nitrogen and oxygen atoms in total. The largest absolute Gasteiger partial charge is 0.385 e. The summed E-state index contributed by atoms with van der Waals surface area (Å²) in [4.78, 5) is 2.29. The summed E-state index contributed by atoms with van der Waals surface area (Å²) >= 11 is 1.73. The number of fused-ring (bicyclic) bond motifs is 3. The molecule has 0 bridgehead atoms. The first kappa shape index (κ1) is 20.5. The van der Waals surface area contributed by atoms with Crippen LogP contribution in [0.3, 0.4) is 0 Å². The molecule has 0 amide bonds. The highest BCUT2D eigenvalue weighted by atomic mass is 32.2. The first-order valence-electron chi connectivity index (χ1n) is 11.5. The van der Waals surface area contributed by atoms with Crippen molar-refractivity contribution in [3.05, 3.63) is 90.8 Å². The third-order valence-corrected chi connectivity index (χ3v) is 7.72. The Kier molecular flexibility index (Phi) is 5.16. The van der Waals surface area contributed by atoms with Gasteiger partial charge in [-0.1, -0.05) is 79.6 Å². The van der Waals surface area contributed by atoms with Crippen molar-refractivity contribution < 1.29 is 5.11 Å². The molecular formula is C28H25N3OS. The van der Waals surface area contributed by atoms with Crippen LogP contribution in [0.1, 0.15) is 37.7 Å². The highest BCUT2D eigenvalue weighted by molar-refractivity contribution is 7.99. The third-order valence-electron chi connectivity index (χ3n) is 6.74. The number of rotatable bonds is 4. The highest BCUT2D eigenvalue weighted by Crippen LogP contribution is 2.40. The van der Waals surface area contributed by atoms with Crippen LogP contribution in [0.5, 0.6) is 0 Å². The van der Waals surface area contributed by atoms with E-state index in [2.05, 4.69) is 83.0 Å². The van der Waals surface area contributed by atoms with Gasteiger partial charge < -0.3 is 5.11 Å². The van der Waals surface area contributed by atoms with E-state index in [1.165, 1.54) is 17.4 Å². The van der Waals surface area contributed by atoms with Gasteiger partial charge in [0.25, 0.3) is 0 Å². The van der Waals surface area contributed by atoms with Crippen molar-refractivity contribution in [3.63, 3.8) is 0 Å². The lowest BCUT2D eigenvalue weighted by Gasteiger charge is -2.32. The molecule has 1 N–H and O–H groups in total. The predicted molar refractivity (Wildman–Crippen MR) is 133 cm³/mol. The molecule has 6 rings (SSSR count). The van der Waals surface area contributed by atoms with Crippen LogP contribution in [0.2, 0.25) is 0 Å². The minimum absolute atomic E-state index is 0.683. The number of aliphatic hydroxyl groups is 1. The van der Waals surface area contributed by atoms with Crippen molar-refractivity contribution in [1.29, 1.82) is 0 Å². The summed E-state index contributed by atoms with van der Waals surface area (Å²) in [6.07, 6.45) is 6.89. The fourth-order valence-corrected chi connectivity index (χ4v) is 5.92. The lowest BCUT2D eigenvalue weighted by molar-refractivity contribution is -0.000805. The molecule has 2 heterocycles. The monoisotopic (exact) mass is 451 g/mol. The van der Waals surface area contributed by atoms with Gasteiger partial charge in [-0.05, 0) is 59.9 Å². The van der Waals surface area contributed by atoms with Crippen LogP contribution in [0.15, 0.2) is 95.0 Å². The molecule has 2 aromatic heterocycles. The van der Waals surface area contributed by atoms with Crippen molar-refractivity contribution in [3.8, 4) is 11.1 Å². The number of benzene rings is 3. The molecule has 164 valence electrons. The maximum atomic E-state index is 11.2. The standard InChI is InChI=1S/C28H25N3OS/c32-28(14-5-2-6-15-28)21-10-7-11-22(16-21)33-23-12-13-24-25(20-8-3-1-4-9-20)18-27-30-29-19-31(27)26(24)17-23/h1,3-4,7-13,16-19,32H,2,5-6,14-15H2. The van der Waals surface area contributed by atoms with Crippen LogP contribution in [0.4, 0.5) is 0 Å². The minimum atomic E-state index is -0.683. The van der Waals surface area contributed by atoms with Gasteiger partial charge in [-0.3, -0.25) is 4.40 Å². The quantitative estimate of drug-likeness (QED) is 0.325. The normalized spacial score (nSPS) is 15.8. The fraction of sp³-hybridized carbons (Fsp3) is 0.214. The van der Waals surface area contributed by atoms with Crippen LogP contribution in [0.25, 0.3) is 27.7 Å². The van der Waals surface area contributed by atoms with Crippen molar-refractivity contribution in [1.82, 2.24) is 14.6 Å². The van der Waals surface area contributed by atoms with Crippen LogP contribution < -0.4 is 0 Å². The van der Waals surface area contributed by atoms with E-state index in [9.17, 15) is 5.11 Å². The lowest BCUT2D eigenvalue weighted by Crippen LogP contribution is -2.28. The van der Waals surface area contributed by atoms with Crippen LogP contribution in [-0.2, 0) is 5.60 Å². The summed E-state index contributed by atoms with van der Waals surface area (Å²) in [6.45, 7) is 0. The summed E-state index contributed by atoms with van der Waals surface area (Å²) in [7, 11) is 0. The van der Waals surface area contributed by atoms with Crippen molar-refractivity contribution >= 4 is 28.3 Å². The fourth-order valence-electron chi connectivity index (χ4n) is 5.00. The van der Waals surface area contributed by atoms with Crippen LogP contribution in [-0.4, -0.2) is 19.7 Å². The molecule has 0 atom stereocenters. The van der Waals surface area contributed by atoms with Gasteiger partial charge in [-0.15, -0.1) is 10.2 Å². The number of aromatic nitrogens is 3. The van der Waals surface area contributed by atoms with Crippen LogP contribution in [0, 0.1) is 0 Å². The van der Waals surface area contributed by atoms with Gasteiger partial charge in [-0.2, -0.15) is 0 Å². The molecule has 0 radical (unpaired) electrons. The molecule has 0 aliphatic heterocycles. The number of nitrogens with zero attached hydrogens (tertiary/aromatic N) is 3. The van der Waals surface area contributed by atoms with Crippen molar-refractivity contribution in [2.75, 3.05) is 0 Å². The Labute approximate surface area is 197 Å². The molecule has 0 unspecified atom stereocenters. The average molecular weight is 452 g/mol. The number of hydrogen-bond acceptors (Lipinski definition) is 4. The van der Waals surface area contributed by atoms with E-state index in [1.54, 1.807) is 18.1 Å². The Morgan fingerprint density at radius 3 is 2.48 bits per heavy atom. The SMILES string of the molecule is OC1(c2cccc(Sc3ccc4c(-c5ccccc5)cc5nncn5c4c3)c2)CCCCC1. The van der Waals surface area contributed by atoms with Gasteiger partial charge in [0.2, 0.25) is 0 Å². The topological polar surface area (TPSA) is 50.4 Å². The Morgan fingerprint density at radius 2 is 1.64 bits per heavy atom. The molecular weight excluding hydrogens is 426 g/mol. The van der Waals surface area contributed by atoms with Crippen molar-refractivity contribution in [2.24, 2.45) is 0 Å². The minimum Gasteiger partial charge on any atom is -0.385 e. The third kappa shape index (κ3) is 3.81. The van der Waals surface area contributed by atoms with E-state index >= 15 is 0 Å². The molecule has 0 spiro atoms. The first-order chi connectivity index (χ1) is 16.2. The van der Waals surface area contributed by atoms with E-state index < -0.39 is 5.60 Å². The maximum Gasteiger partial charge on any atom is 0.161 e. The molecule has 1 aliphatic carbocycles. The van der Waals surface area contributed by atoms with Gasteiger partial charge in [0.05, 0.1) is 11.1 Å². The van der Waals surface area contributed by atoms with E-state index in [4.69, 9.17) is 0 Å². The molecule has 5 heteroatoms. The lowest BCUT2D eigenvalue weighted by atomic mass is 9.80. The smallest absolute Gasteiger partial charge is 0.161 e. The van der Waals surface area contributed by atoms with Gasteiger partial charge in [-0.25, -0.2) is 0 Å². The Hall–Kier alpha value is -3.15. The Bertz CT molecular complexity index is 1440. The highest BCUT2D eigenvalue weighted by Gasteiger charge is 2.31. The zero-order chi connectivity index (χ0) is 22.3. The van der Waals surface area contributed by atoms with E-state index in [0.717, 1.165) is 57.8 Å². The van der Waals surface area contributed by atoms with E-state index in [0.29, 0.717) is 0 Å². The predicted octanol–water partition coefficient (Wildman–Crippen LogP) is 6.85. The zero-order valence-electron chi connectivity index (χ0n) is 18.3. The molecule has 0 saturated heterocycles. The number of hydrogen-bond donors (Lipinski definition) is 1. The molecule has 5 aromatic rings. The Morgan fingerprint density at radius 1 is 0.818 bits per heavy atom. The van der Waals surface area contributed by atoms with Gasteiger partial charge in [0.1, 0.15) is 6.33 Å². The van der Waals surface area contributed by atoms with Gasteiger partial charge in [0, 0.05) is 15.2 Å². The second kappa shape index (κ2) is 8.32. The molecule has 1 fully saturated rings. The molecule has 1 saturated carbocycles. The van der Waals surface area contributed by atoms with Crippen molar-refractivity contribution in [2.45, 2.75) is 47.5 Å².